The molecule has 1 unspecified atom stereocenters. The number of piperidine rings is 1. The molecule has 1 aliphatic carbocycles. The molecule has 1 atom stereocenters. The normalized spacial score (nSPS) is 22.0. The van der Waals surface area contributed by atoms with Crippen molar-refractivity contribution in [1.82, 2.24) is 4.90 Å². The molecule has 4 rings (SSSR count). The second kappa shape index (κ2) is 6.70. The van der Waals surface area contributed by atoms with Gasteiger partial charge in [0.1, 0.15) is 0 Å². The highest BCUT2D eigenvalue weighted by Gasteiger charge is 2.28. The SMILES string of the molecule is C=C(c1cc(CN)c2ccccc2c1)C1CCCN(CC2CC2)C1. The molecule has 0 spiro atoms. The molecule has 24 heavy (non-hydrogen) atoms. The third-order valence-corrected chi connectivity index (χ3v) is 5.75. The molecule has 2 aromatic carbocycles. The van der Waals surface area contributed by atoms with Crippen LogP contribution in [0.1, 0.15) is 36.8 Å². The van der Waals surface area contributed by atoms with E-state index in [1.54, 1.807) is 0 Å². The van der Waals surface area contributed by atoms with Crippen molar-refractivity contribution in [2.45, 2.75) is 32.2 Å². The van der Waals surface area contributed by atoms with Gasteiger partial charge in [0.15, 0.2) is 0 Å². The first kappa shape index (κ1) is 15.9. The summed E-state index contributed by atoms with van der Waals surface area (Å²) in [4.78, 5) is 2.67. The molecule has 2 heteroatoms. The number of hydrogen-bond acceptors (Lipinski definition) is 2. The van der Waals surface area contributed by atoms with Crippen LogP contribution in [0.5, 0.6) is 0 Å². The van der Waals surface area contributed by atoms with Crippen LogP contribution in [0.2, 0.25) is 0 Å². The Labute approximate surface area is 145 Å². The van der Waals surface area contributed by atoms with Crippen LogP contribution >= 0.6 is 0 Å². The van der Waals surface area contributed by atoms with Gasteiger partial charge in [-0.3, -0.25) is 0 Å². The monoisotopic (exact) mass is 320 g/mol. The molecular formula is C22H28N2. The van der Waals surface area contributed by atoms with Crippen molar-refractivity contribution >= 4 is 16.3 Å². The molecular weight excluding hydrogens is 292 g/mol. The molecule has 2 aliphatic rings. The van der Waals surface area contributed by atoms with Crippen LogP contribution < -0.4 is 5.73 Å². The van der Waals surface area contributed by atoms with Crippen LogP contribution in [0.3, 0.4) is 0 Å². The molecule has 126 valence electrons. The number of hydrogen-bond donors (Lipinski definition) is 1. The maximum absolute atomic E-state index is 6.01. The molecule has 1 aliphatic heterocycles. The van der Waals surface area contributed by atoms with Crippen LogP contribution in [0.15, 0.2) is 43.0 Å². The molecule has 2 fully saturated rings. The lowest BCUT2D eigenvalue weighted by atomic mass is 9.85. The molecule has 0 radical (unpaired) electrons. The third-order valence-electron chi connectivity index (χ3n) is 5.75. The lowest BCUT2D eigenvalue weighted by Crippen LogP contribution is -2.37. The van der Waals surface area contributed by atoms with Gasteiger partial charge < -0.3 is 10.6 Å². The number of fused-ring (bicyclic) bond motifs is 1. The minimum absolute atomic E-state index is 0.583. The van der Waals surface area contributed by atoms with Gasteiger partial charge in [-0.15, -0.1) is 0 Å². The van der Waals surface area contributed by atoms with E-state index < -0.39 is 0 Å². The van der Waals surface area contributed by atoms with Gasteiger partial charge in [-0.25, -0.2) is 0 Å². The number of rotatable bonds is 5. The Bertz CT molecular complexity index is 745. The van der Waals surface area contributed by atoms with Gasteiger partial charge in [-0.1, -0.05) is 30.8 Å². The van der Waals surface area contributed by atoms with E-state index in [0.717, 1.165) is 5.92 Å². The van der Waals surface area contributed by atoms with Crippen LogP contribution in [0.4, 0.5) is 0 Å². The second-order valence-electron chi connectivity index (χ2n) is 7.63. The van der Waals surface area contributed by atoms with Gasteiger partial charge >= 0.3 is 0 Å². The molecule has 0 amide bonds. The molecule has 1 heterocycles. The van der Waals surface area contributed by atoms with Crippen molar-refractivity contribution in [3.05, 3.63) is 54.1 Å². The Kier molecular flexibility index (Phi) is 4.43. The fraction of sp³-hybridized carbons (Fsp3) is 0.455. The molecule has 1 saturated carbocycles. The fourth-order valence-electron chi connectivity index (χ4n) is 4.15. The first-order valence-electron chi connectivity index (χ1n) is 9.38. The Morgan fingerprint density at radius 1 is 1.17 bits per heavy atom. The van der Waals surface area contributed by atoms with Crippen molar-refractivity contribution < 1.29 is 0 Å². The van der Waals surface area contributed by atoms with E-state index in [2.05, 4.69) is 47.9 Å². The molecule has 0 bridgehead atoms. The van der Waals surface area contributed by atoms with Gasteiger partial charge in [0.05, 0.1) is 0 Å². The lowest BCUT2D eigenvalue weighted by Gasteiger charge is -2.34. The van der Waals surface area contributed by atoms with Crippen LogP contribution in [0.25, 0.3) is 16.3 Å². The van der Waals surface area contributed by atoms with E-state index in [-0.39, 0.29) is 0 Å². The third kappa shape index (κ3) is 3.26. The zero-order valence-electron chi connectivity index (χ0n) is 14.5. The second-order valence-corrected chi connectivity index (χ2v) is 7.63. The number of nitrogens with two attached hydrogens (primary N) is 1. The van der Waals surface area contributed by atoms with E-state index in [9.17, 15) is 0 Å². The maximum atomic E-state index is 6.01. The predicted octanol–water partition coefficient (Wildman–Crippen LogP) is 4.43. The summed E-state index contributed by atoms with van der Waals surface area (Å²) in [6, 6.07) is 13.1. The van der Waals surface area contributed by atoms with Crippen molar-refractivity contribution in [2.75, 3.05) is 19.6 Å². The van der Waals surface area contributed by atoms with Gasteiger partial charge in [-0.2, -0.15) is 0 Å². The minimum atomic E-state index is 0.583. The van der Waals surface area contributed by atoms with E-state index in [0.29, 0.717) is 12.5 Å². The highest BCUT2D eigenvalue weighted by Crippen LogP contribution is 2.35. The van der Waals surface area contributed by atoms with Gasteiger partial charge in [0.25, 0.3) is 0 Å². The predicted molar refractivity (Wildman–Crippen MR) is 103 cm³/mol. The summed E-state index contributed by atoms with van der Waals surface area (Å²) < 4.78 is 0. The van der Waals surface area contributed by atoms with Crippen molar-refractivity contribution in [3.8, 4) is 0 Å². The Morgan fingerprint density at radius 2 is 2.00 bits per heavy atom. The molecule has 2 aromatic rings. The minimum Gasteiger partial charge on any atom is -0.326 e. The van der Waals surface area contributed by atoms with E-state index in [4.69, 9.17) is 5.73 Å². The zero-order valence-corrected chi connectivity index (χ0v) is 14.5. The van der Waals surface area contributed by atoms with E-state index >= 15 is 0 Å². The standard InChI is InChI=1S/C22H28N2/c1-16(19-6-4-10-24(15-19)14-17-8-9-17)20-11-18-5-2-3-7-22(18)21(12-20)13-23/h2-3,5,7,11-12,17,19H,1,4,6,8-10,13-15,23H2. The summed E-state index contributed by atoms with van der Waals surface area (Å²) in [6.45, 7) is 8.83. The van der Waals surface area contributed by atoms with Crippen LogP contribution in [-0.2, 0) is 6.54 Å². The maximum Gasteiger partial charge on any atom is 0.0184 e. The van der Waals surface area contributed by atoms with Crippen molar-refractivity contribution in [1.29, 1.82) is 0 Å². The Morgan fingerprint density at radius 3 is 2.79 bits per heavy atom. The average Bonchev–Trinajstić information content (AvgIpc) is 3.44. The smallest absolute Gasteiger partial charge is 0.0184 e. The molecule has 1 saturated heterocycles. The quantitative estimate of drug-likeness (QED) is 0.883. The van der Waals surface area contributed by atoms with Crippen LogP contribution in [0, 0.1) is 11.8 Å². The van der Waals surface area contributed by atoms with Gasteiger partial charge in [0.2, 0.25) is 0 Å². The van der Waals surface area contributed by atoms with Crippen molar-refractivity contribution in [3.63, 3.8) is 0 Å². The summed E-state index contributed by atoms with van der Waals surface area (Å²) in [5.41, 5.74) is 9.83. The lowest BCUT2D eigenvalue weighted by molar-refractivity contribution is 0.193. The van der Waals surface area contributed by atoms with E-state index in [1.807, 2.05) is 0 Å². The first-order valence-corrected chi connectivity index (χ1v) is 9.38. The van der Waals surface area contributed by atoms with E-state index in [1.165, 1.54) is 72.8 Å². The Balaban J connectivity index is 1.57. The summed E-state index contributed by atoms with van der Waals surface area (Å²) in [6.07, 6.45) is 5.44. The summed E-state index contributed by atoms with van der Waals surface area (Å²) in [5.74, 6) is 1.56. The number of benzene rings is 2. The van der Waals surface area contributed by atoms with Crippen molar-refractivity contribution in [2.24, 2.45) is 17.6 Å². The highest BCUT2D eigenvalue weighted by atomic mass is 15.1. The Hall–Kier alpha value is -1.64. The first-order chi connectivity index (χ1) is 11.7. The molecule has 2 N–H and O–H groups in total. The highest BCUT2D eigenvalue weighted by molar-refractivity contribution is 5.89. The van der Waals surface area contributed by atoms with Gasteiger partial charge in [-0.05, 0) is 83.7 Å². The molecule has 0 aromatic heterocycles. The summed E-state index contributed by atoms with van der Waals surface area (Å²) in [5, 5.41) is 2.55. The molecule has 2 nitrogen and oxygen atoms in total. The van der Waals surface area contributed by atoms with Gasteiger partial charge in [0, 0.05) is 19.6 Å². The zero-order chi connectivity index (χ0) is 16.5. The fourth-order valence-corrected chi connectivity index (χ4v) is 4.15. The number of likely N-dealkylation sites (tertiary alicyclic amines) is 1. The average molecular weight is 320 g/mol. The largest absolute Gasteiger partial charge is 0.326 e. The van der Waals surface area contributed by atoms with Crippen LogP contribution in [-0.4, -0.2) is 24.5 Å². The summed E-state index contributed by atoms with van der Waals surface area (Å²) >= 11 is 0. The summed E-state index contributed by atoms with van der Waals surface area (Å²) in [7, 11) is 0. The number of nitrogens with zero attached hydrogens (tertiary/aromatic N) is 1. The topological polar surface area (TPSA) is 29.3 Å².